The Balaban J connectivity index is 0.00000312. The average molecular weight is 435 g/mol. The fraction of sp³-hybridized carbons (Fsp3) is 0.632. The first-order valence-corrected chi connectivity index (χ1v) is 9.10. The standard InChI is InChI=1S/C19H31ClN2O2.BrH/c1-21(2,3)12-13-24-19(23)17-9-7-11-22(4,15-17)14-16-8-5-6-10-18(16)20;/h5-6,8,10,17H,7,9,11-15H2,1-4H3;1H/q+2;/p-1. The number of carbonyl (C=O) groups excluding carboxylic acids is 1. The molecule has 0 saturated carbocycles. The minimum absolute atomic E-state index is 0. The first-order valence-electron chi connectivity index (χ1n) is 8.73. The number of piperidine rings is 1. The molecule has 1 heterocycles. The van der Waals surface area contributed by atoms with Gasteiger partial charge in [0.05, 0.1) is 41.3 Å². The number of hydrogen-bond donors (Lipinski definition) is 0. The Morgan fingerprint density at radius 3 is 2.64 bits per heavy atom. The average Bonchev–Trinajstić information content (AvgIpc) is 2.48. The number of nitrogens with zero attached hydrogens (tertiary/aromatic N) is 2. The molecule has 0 amide bonds. The molecule has 4 nitrogen and oxygen atoms in total. The van der Waals surface area contributed by atoms with Gasteiger partial charge in [0, 0.05) is 10.6 Å². The molecule has 2 atom stereocenters. The topological polar surface area (TPSA) is 26.3 Å². The largest absolute Gasteiger partial charge is 1.00 e. The molecule has 25 heavy (non-hydrogen) atoms. The molecule has 1 aliphatic rings. The first kappa shape index (κ1) is 22.4. The monoisotopic (exact) mass is 433 g/mol. The maximum absolute atomic E-state index is 12.4. The second kappa shape index (κ2) is 9.36. The van der Waals surface area contributed by atoms with Crippen LogP contribution in [0.5, 0.6) is 0 Å². The zero-order valence-corrected chi connectivity index (χ0v) is 18.1. The lowest BCUT2D eigenvalue weighted by atomic mass is 9.95. The number of quaternary nitrogens is 2. The van der Waals surface area contributed by atoms with E-state index in [4.69, 9.17) is 16.3 Å². The van der Waals surface area contributed by atoms with Gasteiger partial charge in [0.15, 0.2) is 0 Å². The second-order valence-electron chi connectivity index (χ2n) is 8.30. The number of carbonyl (C=O) groups is 1. The predicted octanol–water partition coefficient (Wildman–Crippen LogP) is -0.0500. The van der Waals surface area contributed by atoms with Crippen LogP contribution in [0.4, 0.5) is 0 Å². The van der Waals surface area contributed by atoms with Gasteiger partial charge in [-0.25, -0.2) is 0 Å². The maximum atomic E-state index is 12.4. The molecule has 1 fully saturated rings. The molecule has 2 rings (SSSR count). The Morgan fingerprint density at radius 2 is 2.00 bits per heavy atom. The summed E-state index contributed by atoms with van der Waals surface area (Å²) in [5.41, 5.74) is 1.15. The summed E-state index contributed by atoms with van der Waals surface area (Å²) in [6.45, 7) is 4.10. The van der Waals surface area contributed by atoms with Gasteiger partial charge in [-0.05, 0) is 18.9 Å². The molecular formula is C19H31BrClN2O2+. The Kier molecular flexibility index (Phi) is 8.39. The van der Waals surface area contributed by atoms with Crippen molar-refractivity contribution in [2.75, 3.05) is 54.4 Å². The van der Waals surface area contributed by atoms with Crippen molar-refractivity contribution >= 4 is 17.6 Å². The van der Waals surface area contributed by atoms with E-state index in [9.17, 15) is 4.79 Å². The van der Waals surface area contributed by atoms with Crippen molar-refractivity contribution in [2.24, 2.45) is 5.92 Å². The SMILES string of the molecule is C[N+](C)(C)CCOC(=O)C1CCC[N+](C)(Cc2ccccc2Cl)C1.[Br-]. The minimum Gasteiger partial charge on any atom is -1.00 e. The zero-order chi connectivity index (χ0) is 17.8. The Labute approximate surface area is 167 Å². The van der Waals surface area contributed by atoms with Crippen LogP contribution in [-0.2, 0) is 16.1 Å². The van der Waals surface area contributed by atoms with Crippen molar-refractivity contribution in [3.63, 3.8) is 0 Å². The van der Waals surface area contributed by atoms with Crippen LogP contribution in [-0.4, -0.2) is 69.4 Å². The molecule has 0 N–H and O–H groups in total. The van der Waals surface area contributed by atoms with E-state index in [0.29, 0.717) is 6.61 Å². The number of likely N-dealkylation sites (N-methyl/N-ethyl adjacent to an activating group) is 1. The summed E-state index contributed by atoms with van der Waals surface area (Å²) >= 11 is 6.31. The molecule has 1 saturated heterocycles. The van der Waals surface area contributed by atoms with Crippen molar-refractivity contribution in [3.05, 3.63) is 34.9 Å². The van der Waals surface area contributed by atoms with Gasteiger partial charge in [-0.2, -0.15) is 0 Å². The van der Waals surface area contributed by atoms with Crippen LogP contribution in [0, 0.1) is 5.92 Å². The van der Waals surface area contributed by atoms with Crippen LogP contribution in [0.25, 0.3) is 0 Å². The lowest BCUT2D eigenvalue weighted by molar-refractivity contribution is -0.929. The van der Waals surface area contributed by atoms with Crippen LogP contribution in [0.1, 0.15) is 18.4 Å². The van der Waals surface area contributed by atoms with Gasteiger partial charge in [-0.3, -0.25) is 4.79 Å². The smallest absolute Gasteiger partial charge is 0.314 e. The summed E-state index contributed by atoms with van der Waals surface area (Å²) in [4.78, 5) is 12.4. The van der Waals surface area contributed by atoms with Gasteiger partial charge >= 0.3 is 5.97 Å². The van der Waals surface area contributed by atoms with Crippen LogP contribution < -0.4 is 17.0 Å². The summed E-state index contributed by atoms with van der Waals surface area (Å²) < 4.78 is 7.18. The third kappa shape index (κ3) is 7.26. The van der Waals surface area contributed by atoms with Gasteiger partial charge in [-0.15, -0.1) is 0 Å². The Bertz CT molecular complexity index is 577. The van der Waals surface area contributed by atoms with E-state index >= 15 is 0 Å². The van der Waals surface area contributed by atoms with Gasteiger partial charge < -0.3 is 30.7 Å². The van der Waals surface area contributed by atoms with E-state index < -0.39 is 0 Å². The number of hydrogen-bond acceptors (Lipinski definition) is 2. The Morgan fingerprint density at radius 1 is 1.32 bits per heavy atom. The van der Waals surface area contributed by atoms with Crippen LogP contribution >= 0.6 is 11.6 Å². The highest BCUT2D eigenvalue weighted by atomic mass is 79.9. The highest BCUT2D eigenvalue weighted by Crippen LogP contribution is 2.27. The highest BCUT2D eigenvalue weighted by molar-refractivity contribution is 6.31. The van der Waals surface area contributed by atoms with Crippen molar-refractivity contribution in [1.82, 2.24) is 0 Å². The van der Waals surface area contributed by atoms with Crippen LogP contribution in [0.3, 0.4) is 0 Å². The third-order valence-corrected chi connectivity index (χ3v) is 5.13. The van der Waals surface area contributed by atoms with Crippen molar-refractivity contribution < 1.29 is 35.5 Å². The molecule has 0 spiro atoms. The molecule has 0 aromatic heterocycles. The molecule has 1 aromatic carbocycles. The normalized spacial score (nSPS) is 23.6. The van der Waals surface area contributed by atoms with Crippen molar-refractivity contribution in [3.8, 4) is 0 Å². The fourth-order valence-corrected chi connectivity index (χ4v) is 3.54. The lowest BCUT2D eigenvalue weighted by Gasteiger charge is -2.40. The number of esters is 1. The summed E-state index contributed by atoms with van der Waals surface area (Å²) in [6.07, 6.45) is 1.98. The molecule has 0 radical (unpaired) electrons. The molecule has 1 aliphatic heterocycles. The number of halogens is 2. The second-order valence-corrected chi connectivity index (χ2v) is 8.70. The van der Waals surface area contributed by atoms with Crippen LogP contribution in [0.2, 0.25) is 5.02 Å². The van der Waals surface area contributed by atoms with Gasteiger partial charge in [0.25, 0.3) is 0 Å². The number of rotatable bonds is 6. The summed E-state index contributed by atoms with van der Waals surface area (Å²) in [6, 6.07) is 7.99. The predicted molar refractivity (Wildman–Crippen MR) is 97.7 cm³/mol. The van der Waals surface area contributed by atoms with E-state index in [1.54, 1.807) is 0 Å². The van der Waals surface area contributed by atoms with E-state index in [1.165, 1.54) is 0 Å². The van der Waals surface area contributed by atoms with Crippen molar-refractivity contribution in [1.29, 1.82) is 0 Å². The molecule has 142 valence electrons. The van der Waals surface area contributed by atoms with Crippen LogP contribution in [0.15, 0.2) is 24.3 Å². The molecule has 0 bridgehead atoms. The molecule has 2 unspecified atom stereocenters. The molecule has 1 aromatic rings. The van der Waals surface area contributed by atoms with E-state index in [0.717, 1.165) is 58.6 Å². The summed E-state index contributed by atoms with van der Waals surface area (Å²) in [7, 11) is 8.53. The van der Waals surface area contributed by atoms with E-state index in [2.05, 4.69) is 34.3 Å². The highest BCUT2D eigenvalue weighted by Gasteiger charge is 2.36. The van der Waals surface area contributed by atoms with Gasteiger partial charge in [-0.1, -0.05) is 29.8 Å². The quantitative estimate of drug-likeness (QED) is 0.464. The number of ether oxygens (including phenoxy) is 1. The number of likely N-dealkylation sites (tertiary alicyclic amines) is 1. The molecule has 0 aliphatic carbocycles. The first-order chi connectivity index (χ1) is 11.2. The maximum Gasteiger partial charge on any atom is 0.314 e. The summed E-state index contributed by atoms with van der Waals surface area (Å²) in [5, 5.41) is 0.810. The van der Waals surface area contributed by atoms with E-state index in [-0.39, 0.29) is 28.9 Å². The number of benzene rings is 1. The minimum atomic E-state index is -0.0355. The van der Waals surface area contributed by atoms with Crippen molar-refractivity contribution in [2.45, 2.75) is 19.4 Å². The van der Waals surface area contributed by atoms with Gasteiger partial charge in [0.2, 0.25) is 0 Å². The van der Waals surface area contributed by atoms with Gasteiger partial charge in [0.1, 0.15) is 25.6 Å². The Hall–Kier alpha value is -0.620. The zero-order valence-electron chi connectivity index (χ0n) is 15.8. The fourth-order valence-electron chi connectivity index (χ4n) is 3.35. The summed E-state index contributed by atoms with van der Waals surface area (Å²) in [5.74, 6) is -0.0367. The lowest BCUT2D eigenvalue weighted by Crippen LogP contribution is -3.00. The molecule has 6 heteroatoms. The molecular weight excluding hydrogens is 404 g/mol. The van der Waals surface area contributed by atoms with E-state index in [1.807, 2.05) is 18.2 Å². The third-order valence-electron chi connectivity index (χ3n) is 4.76.